The van der Waals surface area contributed by atoms with Crippen molar-refractivity contribution >= 4 is 0 Å². The first-order valence-electron chi connectivity index (χ1n) is 6.55. The number of aryl methyl sites for hydroxylation is 1. The van der Waals surface area contributed by atoms with Crippen molar-refractivity contribution in [3.63, 3.8) is 0 Å². The van der Waals surface area contributed by atoms with Crippen molar-refractivity contribution < 1.29 is 0 Å². The molecule has 2 unspecified atom stereocenters. The van der Waals surface area contributed by atoms with Crippen LogP contribution in [0.1, 0.15) is 42.6 Å². The minimum atomic E-state index is 0.362. The van der Waals surface area contributed by atoms with Gasteiger partial charge in [-0.25, -0.2) is 0 Å². The van der Waals surface area contributed by atoms with Crippen LogP contribution in [-0.4, -0.2) is 0 Å². The zero-order chi connectivity index (χ0) is 13.0. The number of benzene rings is 2. The van der Waals surface area contributed by atoms with Gasteiger partial charge in [0.1, 0.15) is 0 Å². The summed E-state index contributed by atoms with van der Waals surface area (Å²) < 4.78 is 0. The minimum absolute atomic E-state index is 0.362. The molecule has 2 atom stereocenters. The molecule has 0 radical (unpaired) electrons. The monoisotopic (exact) mass is 239 g/mol. The molecule has 0 spiro atoms. The van der Waals surface area contributed by atoms with E-state index in [1.807, 2.05) is 0 Å². The topological polar surface area (TPSA) is 12.0 Å². The predicted octanol–water partition coefficient (Wildman–Crippen LogP) is 4.41. The summed E-state index contributed by atoms with van der Waals surface area (Å²) in [6.45, 7) is 6.60. The summed E-state index contributed by atoms with van der Waals surface area (Å²) in [5, 5.41) is 3.65. The Bertz CT molecular complexity index is 490. The van der Waals surface area contributed by atoms with E-state index in [9.17, 15) is 0 Å². The summed E-state index contributed by atoms with van der Waals surface area (Å²) in [6, 6.07) is 19.9. The molecule has 0 saturated carbocycles. The molecule has 0 amide bonds. The van der Waals surface area contributed by atoms with Crippen LogP contribution in [0.5, 0.6) is 0 Å². The van der Waals surface area contributed by atoms with Gasteiger partial charge < -0.3 is 5.32 Å². The smallest absolute Gasteiger partial charge is 0.0300 e. The summed E-state index contributed by atoms with van der Waals surface area (Å²) >= 11 is 0. The highest BCUT2D eigenvalue weighted by molar-refractivity contribution is 5.29. The van der Waals surface area contributed by atoms with E-state index in [1.165, 1.54) is 16.7 Å². The van der Waals surface area contributed by atoms with Crippen LogP contribution in [0.15, 0.2) is 54.6 Å². The summed E-state index contributed by atoms with van der Waals surface area (Å²) in [5.74, 6) is 0. The summed E-state index contributed by atoms with van der Waals surface area (Å²) in [5.41, 5.74) is 4.05. The molecule has 0 aliphatic rings. The Morgan fingerprint density at radius 3 is 2.06 bits per heavy atom. The van der Waals surface area contributed by atoms with E-state index < -0.39 is 0 Å². The van der Waals surface area contributed by atoms with Crippen LogP contribution in [0.2, 0.25) is 0 Å². The lowest BCUT2D eigenvalue weighted by Gasteiger charge is -2.22. The van der Waals surface area contributed by atoms with Crippen molar-refractivity contribution in [3.8, 4) is 0 Å². The maximum atomic E-state index is 3.65. The lowest BCUT2D eigenvalue weighted by Crippen LogP contribution is -2.23. The average Bonchev–Trinajstić information content (AvgIpc) is 2.40. The molecule has 0 aliphatic heterocycles. The summed E-state index contributed by atoms with van der Waals surface area (Å²) in [4.78, 5) is 0. The first kappa shape index (κ1) is 12.8. The maximum absolute atomic E-state index is 3.65. The first-order valence-corrected chi connectivity index (χ1v) is 6.55. The third kappa shape index (κ3) is 2.99. The molecule has 0 saturated heterocycles. The van der Waals surface area contributed by atoms with Gasteiger partial charge in [-0.05, 0) is 37.5 Å². The molecule has 2 aromatic carbocycles. The Morgan fingerprint density at radius 2 is 1.39 bits per heavy atom. The third-order valence-electron chi connectivity index (χ3n) is 3.45. The minimum Gasteiger partial charge on any atom is -0.304 e. The van der Waals surface area contributed by atoms with Gasteiger partial charge in [-0.3, -0.25) is 0 Å². The first-order chi connectivity index (χ1) is 8.68. The van der Waals surface area contributed by atoms with Gasteiger partial charge in [0.25, 0.3) is 0 Å². The highest BCUT2D eigenvalue weighted by atomic mass is 14.9. The number of hydrogen-bond acceptors (Lipinski definition) is 1. The van der Waals surface area contributed by atoms with Crippen LogP contribution in [0, 0.1) is 6.92 Å². The maximum Gasteiger partial charge on any atom is 0.0300 e. The standard InChI is InChI=1S/C17H21N/c1-13-9-7-8-12-17(13)15(3)18-14(2)16-10-5-4-6-11-16/h4-12,14-15,18H,1-3H3. The van der Waals surface area contributed by atoms with Gasteiger partial charge in [0, 0.05) is 12.1 Å². The second kappa shape index (κ2) is 5.83. The van der Waals surface area contributed by atoms with Crippen LogP contribution < -0.4 is 5.32 Å². The van der Waals surface area contributed by atoms with E-state index in [1.54, 1.807) is 0 Å². The van der Waals surface area contributed by atoms with E-state index in [0.717, 1.165) is 0 Å². The highest BCUT2D eigenvalue weighted by Gasteiger charge is 2.11. The Kier molecular flexibility index (Phi) is 4.16. The lowest BCUT2D eigenvalue weighted by molar-refractivity contribution is 0.493. The fourth-order valence-electron chi connectivity index (χ4n) is 2.38. The molecule has 1 N–H and O–H groups in total. The van der Waals surface area contributed by atoms with Gasteiger partial charge in [-0.1, -0.05) is 54.6 Å². The zero-order valence-corrected chi connectivity index (χ0v) is 11.4. The third-order valence-corrected chi connectivity index (χ3v) is 3.45. The second-order valence-corrected chi connectivity index (χ2v) is 4.88. The molecule has 0 heterocycles. The number of nitrogens with one attached hydrogen (secondary N) is 1. The molecule has 18 heavy (non-hydrogen) atoms. The molecular weight excluding hydrogens is 218 g/mol. The number of rotatable bonds is 4. The summed E-state index contributed by atoms with van der Waals surface area (Å²) in [7, 11) is 0. The molecule has 0 aromatic heterocycles. The SMILES string of the molecule is Cc1ccccc1C(C)NC(C)c1ccccc1. The average molecular weight is 239 g/mol. The van der Waals surface area contributed by atoms with Crippen molar-refractivity contribution in [2.24, 2.45) is 0 Å². The molecule has 2 rings (SSSR count). The largest absolute Gasteiger partial charge is 0.304 e. The Morgan fingerprint density at radius 1 is 0.778 bits per heavy atom. The zero-order valence-electron chi connectivity index (χ0n) is 11.4. The van der Waals surface area contributed by atoms with Crippen molar-refractivity contribution in [2.45, 2.75) is 32.9 Å². The fourth-order valence-corrected chi connectivity index (χ4v) is 2.38. The molecule has 2 aromatic rings. The fraction of sp³-hybridized carbons (Fsp3) is 0.294. The lowest BCUT2D eigenvalue weighted by atomic mass is 10.0. The van der Waals surface area contributed by atoms with Crippen molar-refractivity contribution in [2.75, 3.05) is 0 Å². The van der Waals surface area contributed by atoms with E-state index in [2.05, 4.69) is 80.7 Å². The van der Waals surface area contributed by atoms with Crippen molar-refractivity contribution in [1.82, 2.24) is 5.32 Å². The van der Waals surface area contributed by atoms with E-state index in [4.69, 9.17) is 0 Å². The van der Waals surface area contributed by atoms with Crippen molar-refractivity contribution in [3.05, 3.63) is 71.3 Å². The van der Waals surface area contributed by atoms with Gasteiger partial charge in [0.05, 0.1) is 0 Å². The normalized spacial score (nSPS) is 14.2. The van der Waals surface area contributed by atoms with Gasteiger partial charge in [0.2, 0.25) is 0 Å². The Labute approximate surface area is 110 Å². The molecule has 0 fully saturated rings. The van der Waals surface area contributed by atoms with Crippen LogP contribution >= 0.6 is 0 Å². The van der Waals surface area contributed by atoms with E-state index in [-0.39, 0.29) is 0 Å². The quantitative estimate of drug-likeness (QED) is 0.833. The van der Waals surface area contributed by atoms with Gasteiger partial charge in [-0.15, -0.1) is 0 Å². The predicted molar refractivity (Wildman–Crippen MR) is 77.6 cm³/mol. The van der Waals surface area contributed by atoms with Gasteiger partial charge in [-0.2, -0.15) is 0 Å². The molecule has 94 valence electrons. The molecule has 0 bridgehead atoms. The Balaban J connectivity index is 2.08. The molecular formula is C17H21N. The molecule has 0 aliphatic carbocycles. The van der Waals surface area contributed by atoms with Crippen LogP contribution in [-0.2, 0) is 0 Å². The highest BCUT2D eigenvalue weighted by Crippen LogP contribution is 2.21. The molecule has 1 heteroatoms. The molecule has 1 nitrogen and oxygen atoms in total. The second-order valence-electron chi connectivity index (χ2n) is 4.88. The summed E-state index contributed by atoms with van der Waals surface area (Å²) in [6.07, 6.45) is 0. The van der Waals surface area contributed by atoms with Gasteiger partial charge in [0.15, 0.2) is 0 Å². The number of hydrogen-bond donors (Lipinski definition) is 1. The van der Waals surface area contributed by atoms with Crippen molar-refractivity contribution in [1.29, 1.82) is 0 Å². The van der Waals surface area contributed by atoms with E-state index >= 15 is 0 Å². The Hall–Kier alpha value is -1.60. The van der Waals surface area contributed by atoms with Crippen LogP contribution in [0.3, 0.4) is 0 Å². The van der Waals surface area contributed by atoms with E-state index in [0.29, 0.717) is 12.1 Å². The van der Waals surface area contributed by atoms with Gasteiger partial charge >= 0.3 is 0 Å². The van der Waals surface area contributed by atoms with Crippen LogP contribution in [0.25, 0.3) is 0 Å². The van der Waals surface area contributed by atoms with Crippen LogP contribution in [0.4, 0.5) is 0 Å².